The van der Waals surface area contributed by atoms with E-state index in [1.807, 2.05) is 26.0 Å². The van der Waals surface area contributed by atoms with E-state index in [2.05, 4.69) is 5.16 Å². The van der Waals surface area contributed by atoms with Crippen molar-refractivity contribution in [3.05, 3.63) is 64.2 Å². The fourth-order valence-corrected chi connectivity index (χ4v) is 3.60. The van der Waals surface area contributed by atoms with Crippen LogP contribution in [0.25, 0.3) is 0 Å². The van der Waals surface area contributed by atoms with E-state index in [-0.39, 0.29) is 5.91 Å². The maximum absolute atomic E-state index is 13.0. The lowest BCUT2D eigenvalue weighted by molar-refractivity contribution is -0.126. The molecule has 2 amide bonds. The van der Waals surface area contributed by atoms with E-state index in [4.69, 9.17) is 16.4 Å². The molecule has 2 unspecified atom stereocenters. The van der Waals surface area contributed by atoms with Gasteiger partial charge in [-0.2, -0.15) is 0 Å². The number of amides is 2. The normalized spacial score (nSPS) is 22.0. The highest BCUT2D eigenvalue weighted by Crippen LogP contribution is 2.37. The van der Waals surface area contributed by atoms with E-state index in [9.17, 15) is 9.59 Å². The fraction of sp³-hybridized carbons (Fsp3) is 0.211. The molecule has 1 fully saturated rings. The summed E-state index contributed by atoms with van der Waals surface area (Å²) in [6.45, 7) is 3.84. The van der Waals surface area contributed by atoms with E-state index in [1.165, 1.54) is 4.90 Å². The van der Waals surface area contributed by atoms with Crippen molar-refractivity contribution in [2.45, 2.75) is 20.0 Å². The molecule has 2 aliphatic rings. The van der Waals surface area contributed by atoms with Crippen molar-refractivity contribution in [1.82, 2.24) is 0 Å². The van der Waals surface area contributed by atoms with E-state index < -0.39 is 17.9 Å². The molecule has 2 heterocycles. The molecule has 2 aromatic carbocycles. The molecule has 0 radical (unpaired) electrons. The Bertz CT molecular complexity index is 938. The fourth-order valence-electron chi connectivity index (χ4n) is 3.36. The average molecular weight is 355 g/mol. The molecule has 2 aliphatic heterocycles. The van der Waals surface area contributed by atoms with Crippen LogP contribution in [0.4, 0.5) is 5.69 Å². The van der Waals surface area contributed by atoms with Crippen molar-refractivity contribution in [2.75, 3.05) is 4.90 Å². The van der Waals surface area contributed by atoms with Gasteiger partial charge in [-0.05, 0) is 31.5 Å². The van der Waals surface area contributed by atoms with Gasteiger partial charge in [0, 0.05) is 10.6 Å². The van der Waals surface area contributed by atoms with Gasteiger partial charge in [0.25, 0.3) is 5.91 Å². The molecule has 0 aromatic heterocycles. The maximum Gasteiger partial charge on any atom is 0.278 e. The summed E-state index contributed by atoms with van der Waals surface area (Å²) in [5.74, 6) is -1.50. The molecular weight excluding hydrogens is 340 g/mol. The molecule has 4 rings (SSSR count). The number of fused-ring (bicyclic) bond motifs is 1. The summed E-state index contributed by atoms with van der Waals surface area (Å²) in [7, 11) is 0. The third-order valence-corrected chi connectivity index (χ3v) is 4.88. The molecule has 0 spiro atoms. The second kappa shape index (κ2) is 5.70. The number of halogens is 1. The molecule has 0 aliphatic carbocycles. The van der Waals surface area contributed by atoms with Gasteiger partial charge in [0.1, 0.15) is 11.6 Å². The number of benzene rings is 2. The molecule has 0 bridgehead atoms. The van der Waals surface area contributed by atoms with Gasteiger partial charge in [-0.25, -0.2) is 4.90 Å². The van der Waals surface area contributed by atoms with Crippen LogP contribution in [0.15, 0.2) is 47.6 Å². The molecule has 2 aromatic rings. The number of hydrogen-bond donors (Lipinski definition) is 0. The highest BCUT2D eigenvalue weighted by Gasteiger charge is 2.56. The Hall–Kier alpha value is -2.66. The molecule has 5 nitrogen and oxygen atoms in total. The molecule has 2 atom stereocenters. The number of oxime groups is 1. The molecule has 126 valence electrons. The Labute approximate surface area is 149 Å². The lowest BCUT2D eigenvalue weighted by Crippen LogP contribution is -2.33. The minimum Gasteiger partial charge on any atom is -0.381 e. The zero-order valence-corrected chi connectivity index (χ0v) is 14.4. The Kier molecular flexibility index (Phi) is 3.62. The van der Waals surface area contributed by atoms with E-state index >= 15 is 0 Å². The minimum atomic E-state index is -0.931. The zero-order valence-electron chi connectivity index (χ0n) is 13.7. The van der Waals surface area contributed by atoms with E-state index in [1.54, 1.807) is 30.3 Å². The SMILES string of the molecule is Cc1ccc(N2C(=O)C3ON=C(c4ccccc4Cl)C3C2=O)c(C)c1. The second-order valence-corrected chi connectivity index (χ2v) is 6.67. The van der Waals surface area contributed by atoms with Crippen LogP contribution < -0.4 is 4.90 Å². The Morgan fingerprint density at radius 3 is 2.56 bits per heavy atom. The topological polar surface area (TPSA) is 59.0 Å². The summed E-state index contributed by atoms with van der Waals surface area (Å²) in [6.07, 6.45) is -0.931. The lowest BCUT2D eigenvalue weighted by atomic mass is 9.94. The van der Waals surface area contributed by atoms with Gasteiger partial charge in [-0.3, -0.25) is 9.59 Å². The van der Waals surface area contributed by atoms with Gasteiger partial charge in [-0.15, -0.1) is 0 Å². The molecule has 0 saturated carbocycles. The Morgan fingerprint density at radius 2 is 1.84 bits per heavy atom. The number of imide groups is 1. The first kappa shape index (κ1) is 15.8. The highest BCUT2D eigenvalue weighted by molar-refractivity contribution is 6.38. The summed E-state index contributed by atoms with van der Waals surface area (Å²) in [5, 5.41) is 4.45. The highest BCUT2D eigenvalue weighted by atomic mass is 35.5. The van der Waals surface area contributed by atoms with Crippen molar-refractivity contribution in [3.8, 4) is 0 Å². The molecule has 6 heteroatoms. The summed E-state index contributed by atoms with van der Waals surface area (Å²) in [4.78, 5) is 32.3. The van der Waals surface area contributed by atoms with Crippen LogP contribution in [-0.2, 0) is 14.4 Å². The van der Waals surface area contributed by atoms with Crippen molar-refractivity contribution >= 4 is 34.8 Å². The first-order chi connectivity index (χ1) is 12.0. The van der Waals surface area contributed by atoms with Crippen molar-refractivity contribution in [2.24, 2.45) is 11.1 Å². The van der Waals surface area contributed by atoms with Crippen molar-refractivity contribution in [3.63, 3.8) is 0 Å². The third-order valence-electron chi connectivity index (χ3n) is 4.56. The van der Waals surface area contributed by atoms with E-state index in [0.29, 0.717) is 22.0 Å². The number of nitrogens with zero attached hydrogens (tertiary/aromatic N) is 2. The predicted molar refractivity (Wildman–Crippen MR) is 94.8 cm³/mol. The van der Waals surface area contributed by atoms with Gasteiger partial charge in [-0.1, -0.05) is 52.7 Å². The number of anilines is 1. The summed E-state index contributed by atoms with van der Waals surface area (Å²) in [6, 6.07) is 12.7. The number of aryl methyl sites for hydroxylation is 2. The van der Waals surface area contributed by atoms with Crippen molar-refractivity contribution in [1.29, 1.82) is 0 Å². The second-order valence-electron chi connectivity index (χ2n) is 6.26. The minimum absolute atomic E-state index is 0.335. The number of carbonyl (C=O) groups excluding carboxylic acids is 2. The largest absolute Gasteiger partial charge is 0.381 e. The quantitative estimate of drug-likeness (QED) is 0.778. The Morgan fingerprint density at radius 1 is 1.08 bits per heavy atom. The smallest absolute Gasteiger partial charge is 0.278 e. The number of hydrogen-bond acceptors (Lipinski definition) is 4. The van der Waals surface area contributed by atoms with Gasteiger partial charge in [0.05, 0.1) is 5.69 Å². The van der Waals surface area contributed by atoms with Gasteiger partial charge in [0.15, 0.2) is 0 Å². The molecule has 25 heavy (non-hydrogen) atoms. The Balaban J connectivity index is 1.75. The summed E-state index contributed by atoms with van der Waals surface area (Å²) >= 11 is 6.23. The van der Waals surface area contributed by atoms with Gasteiger partial charge >= 0.3 is 0 Å². The van der Waals surface area contributed by atoms with Crippen LogP contribution >= 0.6 is 11.6 Å². The third kappa shape index (κ3) is 2.35. The number of carbonyl (C=O) groups is 2. The first-order valence-electron chi connectivity index (χ1n) is 7.92. The zero-order chi connectivity index (χ0) is 17.7. The monoisotopic (exact) mass is 354 g/mol. The molecular formula is C19H15ClN2O3. The summed E-state index contributed by atoms with van der Waals surface area (Å²) in [5.41, 5.74) is 3.52. The predicted octanol–water partition coefficient (Wildman–Crippen LogP) is 3.25. The number of rotatable bonds is 2. The van der Waals surface area contributed by atoms with Crippen LogP contribution in [0.3, 0.4) is 0 Å². The standard InChI is InChI=1S/C19H15ClN2O3/c1-10-7-8-14(11(2)9-10)22-18(23)15-16(21-25-17(15)19(22)24)12-5-3-4-6-13(12)20/h3-9,15,17H,1-2H3. The van der Waals surface area contributed by atoms with Crippen molar-refractivity contribution < 1.29 is 14.4 Å². The maximum atomic E-state index is 13.0. The first-order valence-corrected chi connectivity index (χ1v) is 8.30. The van der Waals surface area contributed by atoms with Crippen LogP contribution in [0.1, 0.15) is 16.7 Å². The summed E-state index contributed by atoms with van der Waals surface area (Å²) < 4.78 is 0. The van der Waals surface area contributed by atoms with Gasteiger partial charge in [0.2, 0.25) is 12.0 Å². The van der Waals surface area contributed by atoms with Crippen LogP contribution in [0, 0.1) is 19.8 Å². The van der Waals surface area contributed by atoms with Crippen LogP contribution in [-0.4, -0.2) is 23.6 Å². The molecule has 0 N–H and O–H groups in total. The van der Waals surface area contributed by atoms with E-state index in [0.717, 1.165) is 11.1 Å². The van der Waals surface area contributed by atoms with Crippen LogP contribution in [0.5, 0.6) is 0 Å². The average Bonchev–Trinajstić information content (AvgIpc) is 3.10. The molecule has 1 saturated heterocycles. The lowest BCUT2D eigenvalue weighted by Gasteiger charge is -2.18. The van der Waals surface area contributed by atoms with Gasteiger partial charge < -0.3 is 4.84 Å². The van der Waals surface area contributed by atoms with Crippen LogP contribution in [0.2, 0.25) is 5.02 Å².